The smallest absolute Gasteiger partial charge is 0.317 e. The topological polar surface area (TPSA) is 69.6 Å². The molecule has 2 rings (SSSR count). The fraction of sp³-hybridized carbons (Fsp3) is 0.875. The van der Waals surface area contributed by atoms with Gasteiger partial charge in [0.25, 0.3) is 0 Å². The highest BCUT2D eigenvalue weighted by Crippen LogP contribution is 2.37. The van der Waals surface area contributed by atoms with E-state index in [2.05, 4.69) is 19.2 Å². The summed E-state index contributed by atoms with van der Waals surface area (Å²) in [6.07, 6.45) is 4.77. The minimum Gasteiger partial charge on any atom is -0.481 e. The van der Waals surface area contributed by atoms with E-state index in [1.807, 2.05) is 4.90 Å². The average Bonchev–Trinajstić information content (AvgIpc) is 2.94. The van der Waals surface area contributed by atoms with Gasteiger partial charge in [-0.05, 0) is 42.9 Å². The second kappa shape index (κ2) is 7.14. The van der Waals surface area contributed by atoms with Crippen LogP contribution in [0.15, 0.2) is 0 Å². The third-order valence-corrected chi connectivity index (χ3v) is 4.82. The molecule has 0 aromatic heterocycles. The summed E-state index contributed by atoms with van der Waals surface area (Å²) in [7, 11) is 0. The highest BCUT2D eigenvalue weighted by molar-refractivity contribution is 5.74. The Labute approximate surface area is 127 Å². The van der Waals surface area contributed by atoms with E-state index in [-0.39, 0.29) is 18.4 Å². The summed E-state index contributed by atoms with van der Waals surface area (Å²) in [5, 5.41) is 11.9. The third kappa shape index (κ3) is 4.61. The fourth-order valence-corrected chi connectivity index (χ4v) is 3.90. The van der Waals surface area contributed by atoms with E-state index in [1.165, 1.54) is 19.3 Å². The summed E-state index contributed by atoms with van der Waals surface area (Å²) < 4.78 is 0. The van der Waals surface area contributed by atoms with Crippen LogP contribution in [0, 0.1) is 23.7 Å². The van der Waals surface area contributed by atoms with Crippen molar-refractivity contribution < 1.29 is 14.7 Å². The van der Waals surface area contributed by atoms with Crippen LogP contribution in [0.5, 0.6) is 0 Å². The van der Waals surface area contributed by atoms with Crippen LogP contribution < -0.4 is 5.32 Å². The molecule has 0 aromatic carbocycles. The zero-order chi connectivity index (χ0) is 15.4. The maximum atomic E-state index is 12.2. The van der Waals surface area contributed by atoms with E-state index >= 15 is 0 Å². The third-order valence-electron chi connectivity index (χ3n) is 4.82. The lowest BCUT2D eigenvalue weighted by Crippen LogP contribution is -2.41. The van der Waals surface area contributed by atoms with Crippen LogP contribution in [0.4, 0.5) is 4.79 Å². The van der Waals surface area contributed by atoms with Gasteiger partial charge < -0.3 is 15.3 Å². The number of hydrogen-bond donors (Lipinski definition) is 2. The second-order valence-electron chi connectivity index (χ2n) is 7.14. The fourth-order valence-electron chi connectivity index (χ4n) is 3.90. The molecule has 0 radical (unpaired) electrons. The van der Waals surface area contributed by atoms with Crippen molar-refractivity contribution in [3.63, 3.8) is 0 Å². The van der Waals surface area contributed by atoms with E-state index in [9.17, 15) is 9.59 Å². The molecular formula is C16H28N2O3. The molecule has 1 aliphatic heterocycles. The maximum absolute atomic E-state index is 12.2. The van der Waals surface area contributed by atoms with E-state index in [1.54, 1.807) is 0 Å². The predicted molar refractivity (Wildman–Crippen MR) is 81.0 cm³/mol. The SMILES string of the molecule is CC(C)C[C@H](CNC(=O)N1CC2CCCC2C1)CC(=O)O. The molecule has 3 atom stereocenters. The molecule has 1 saturated heterocycles. The molecule has 1 saturated carbocycles. The van der Waals surface area contributed by atoms with E-state index in [0.717, 1.165) is 19.5 Å². The first kappa shape index (κ1) is 16.1. The van der Waals surface area contributed by atoms with Crippen molar-refractivity contribution in [3.05, 3.63) is 0 Å². The highest BCUT2D eigenvalue weighted by atomic mass is 16.4. The zero-order valence-electron chi connectivity index (χ0n) is 13.2. The van der Waals surface area contributed by atoms with Crippen LogP contribution in [0.2, 0.25) is 0 Å². The van der Waals surface area contributed by atoms with Crippen molar-refractivity contribution in [2.75, 3.05) is 19.6 Å². The van der Waals surface area contributed by atoms with Crippen LogP contribution in [-0.4, -0.2) is 41.6 Å². The zero-order valence-corrected chi connectivity index (χ0v) is 13.2. The number of rotatable bonds is 6. The first-order valence-electron chi connectivity index (χ1n) is 8.20. The Bertz CT molecular complexity index is 372. The highest BCUT2D eigenvalue weighted by Gasteiger charge is 2.38. The van der Waals surface area contributed by atoms with E-state index < -0.39 is 5.97 Å². The molecule has 5 nitrogen and oxygen atoms in total. The molecule has 2 N–H and O–H groups in total. The first-order chi connectivity index (χ1) is 9.95. The van der Waals surface area contributed by atoms with Crippen LogP contribution in [0.3, 0.4) is 0 Å². The molecule has 0 aromatic rings. The van der Waals surface area contributed by atoms with Crippen molar-refractivity contribution in [2.45, 2.75) is 46.0 Å². The molecule has 0 spiro atoms. The van der Waals surface area contributed by atoms with Gasteiger partial charge in [0.2, 0.25) is 0 Å². The summed E-state index contributed by atoms with van der Waals surface area (Å²) in [4.78, 5) is 25.0. The molecule has 21 heavy (non-hydrogen) atoms. The van der Waals surface area contributed by atoms with Crippen molar-refractivity contribution in [3.8, 4) is 0 Å². The van der Waals surface area contributed by atoms with Crippen molar-refractivity contribution in [1.29, 1.82) is 0 Å². The molecule has 2 amide bonds. The normalized spacial score (nSPS) is 26.0. The molecule has 1 aliphatic carbocycles. The first-order valence-corrected chi connectivity index (χ1v) is 8.20. The summed E-state index contributed by atoms with van der Waals surface area (Å²) in [6, 6.07) is -0.0106. The molecule has 2 aliphatic rings. The van der Waals surface area contributed by atoms with Gasteiger partial charge in [0.15, 0.2) is 0 Å². The maximum Gasteiger partial charge on any atom is 0.317 e. The number of carbonyl (C=O) groups is 2. The van der Waals surface area contributed by atoms with Crippen molar-refractivity contribution in [2.24, 2.45) is 23.7 Å². The monoisotopic (exact) mass is 296 g/mol. The Morgan fingerprint density at radius 3 is 2.38 bits per heavy atom. The molecule has 2 unspecified atom stereocenters. The Kier molecular flexibility index (Phi) is 5.48. The van der Waals surface area contributed by atoms with Gasteiger partial charge in [-0.3, -0.25) is 4.79 Å². The van der Waals surface area contributed by atoms with Gasteiger partial charge in [-0.15, -0.1) is 0 Å². The Hall–Kier alpha value is -1.26. The van der Waals surface area contributed by atoms with Gasteiger partial charge in [0, 0.05) is 26.1 Å². The number of nitrogens with one attached hydrogen (secondary N) is 1. The molecular weight excluding hydrogens is 268 g/mol. The summed E-state index contributed by atoms with van der Waals surface area (Å²) in [6.45, 7) is 6.39. The van der Waals surface area contributed by atoms with Crippen LogP contribution in [0.1, 0.15) is 46.0 Å². The average molecular weight is 296 g/mol. The Morgan fingerprint density at radius 2 is 1.86 bits per heavy atom. The van der Waals surface area contributed by atoms with Crippen molar-refractivity contribution in [1.82, 2.24) is 10.2 Å². The van der Waals surface area contributed by atoms with Crippen LogP contribution in [0.25, 0.3) is 0 Å². The quantitative estimate of drug-likeness (QED) is 0.791. The Morgan fingerprint density at radius 1 is 1.24 bits per heavy atom. The minimum absolute atomic E-state index is 0.0106. The van der Waals surface area contributed by atoms with Crippen LogP contribution in [-0.2, 0) is 4.79 Å². The molecule has 120 valence electrons. The molecule has 2 fully saturated rings. The number of fused-ring (bicyclic) bond motifs is 1. The standard InChI is InChI=1S/C16H28N2O3/c1-11(2)6-12(7-15(19)20)8-17-16(21)18-9-13-4-3-5-14(13)10-18/h11-14H,3-10H2,1-2H3,(H,17,21)(H,19,20)/t12-,13?,14?/m0/s1. The number of likely N-dealkylation sites (tertiary alicyclic amines) is 1. The lowest BCUT2D eigenvalue weighted by atomic mass is 9.94. The number of carboxylic acids is 1. The number of amides is 2. The number of hydrogen-bond acceptors (Lipinski definition) is 2. The number of carboxylic acid groups (broad SMARTS) is 1. The Balaban J connectivity index is 1.77. The van der Waals surface area contributed by atoms with Gasteiger partial charge in [-0.25, -0.2) is 4.79 Å². The molecule has 1 heterocycles. The van der Waals surface area contributed by atoms with Crippen molar-refractivity contribution >= 4 is 12.0 Å². The predicted octanol–water partition coefficient (Wildman–Crippen LogP) is 2.56. The molecule has 0 bridgehead atoms. The second-order valence-corrected chi connectivity index (χ2v) is 7.14. The van der Waals surface area contributed by atoms with Gasteiger partial charge in [-0.2, -0.15) is 0 Å². The van der Waals surface area contributed by atoms with Crippen LogP contribution >= 0.6 is 0 Å². The molecule has 5 heteroatoms. The summed E-state index contributed by atoms with van der Waals surface area (Å²) in [5.41, 5.74) is 0. The minimum atomic E-state index is -0.786. The van der Waals surface area contributed by atoms with Gasteiger partial charge in [-0.1, -0.05) is 20.3 Å². The largest absolute Gasteiger partial charge is 0.481 e. The summed E-state index contributed by atoms with van der Waals surface area (Å²) in [5.74, 6) is 1.07. The number of aliphatic carboxylic acids is 1. The number of urea groups is 1. The van der Waals surface area contributed by atoms with Gasteiger partial charge in [0.05, 0.1) is 0 Å². The van der Waals surface area contributed by atoms with Gasteiger partial charge in [0.1, 0.15) is 0 Å². The lowest BCUT2D eigenvalue weighted by Gasteiger charge is -2.22. The number of carbonyl (C=O) groups excluding carboxylic acids is 1. The van der Waals surface area contributed by atoms with E-state index in [0.29, 0.717) is 24.3 Å². The van der Waals surface area contributed by atoms with Gasteiger partial charge >= 0.3 is 12.0 Å². The number of nitrogens with zero attached hydrogens (tertiary/aromatic N) is 1. The lowest BCUT2D eigenvalue weighted by molar-refractivity contribution is -0.138. The summed E-state index contributed by atoms with van der Waals surface area (Å²) >= 11 is 0. The van der Waals surface area contributed by atoms with E-state index in [4.69, 9.17) is 5.11 Å².